The standard InChI is InChI=1S/C15H27NO2/c1-14(2)7-9-15(17-3,10-8-14)13(16)12-6-4-5-11-18-12/h6,13H,4-5,7-11,16H2,1-3H3. The molecule has 1 unspecified atom stereocenters. The van der Waals surface area contributed by atoms with Crippen LogP contribution in [0.4, 0.5) is 0 Å². The van der Waals surface area contributed by atoms with Gasteiger partial charge in [-0.3, -0.25) is 0 Å². The molecule has 1 heterocycles. The highest BCUT2D eigenvalue weighted by Gasteiger charge is 2.44. The van der Waals surface area contributed by atoms with Gasteiger partial charge in [-0.1, -0.05) is 13.8 Å². The van der Waals surface area contributed by atoms with Crippen LogP contribution in [0.2, 0.25) is 0 Å². The molecule has 1 fully saturated rings. The van der Waals surface area contributed by atoms with Gasteiger partial charge in [0.15, 0.2) is 0 Å². The molecule has 104 valence electrons. The van der Waals surface area contributed by atoms with Crippen LogP contribution in [0.3, 0.4) is 0 Å². The molecule has 18 heavy (non-hydrogen) atoms. The zero-order chi connectivity index (χ0) is 13.2. The second-order valence-corrected chi connectivity index (χ2v) is 6.51. The van der Waals surface area contributed by atoms with E-state index in [0.29, 0.717) is 5.41 Å². The predicted octanol–water partition coefficient (Wildman–Crippen LogP) is 2.99. The molecule has 0 amide bonds. The predicted molar refractivity (Wildman–Crippen MR) is 73.2 cm³/mol. The quantitative estimate of drug-likeness (QED) is 0.841. The molecule has 2 N–H and O–H groups in total. The van der Waals surface area contributed by atoms with E-state index < -0.39 is 0 Å². The Morgan fingerprint density at radius 2 is 1.94 bits per heavy atom. The Morgan fingerprint density at radius 3 is 2.44 bits per heavy atom. The van der Waals surface area contributed by atoms with E-state index in [0.717, 1.165) is 38.0 Å². The van der Waals surface area contributed by atoms with Gasteiger partial charge in [-0.05, 0) is 50.0 Å². The van der Waals surface area contributed by atoms with Crippen LogP contribution in [0.5, 0.6) is 0 Å². The van der Waals surface area contributed by atoms with Gasteiger partial charge in [0.05, 0.1) is 18.2 Å². The molecular weight excluding hydrogens is 226 g/mol. The lowest BCUT2D eigenvalue weighted by Crippen LogP contribution is -2.54. The third-order valence-corrected chi connectivity index (χ3v) is 4.69. The third-order valence-electron chi connectivity index (χ3n) is 4.69. The lowest BCUT2D eigenvalue weighted by Gasteiger charge is -2.46. The second-order valence-electron chi connectivity index (χ2n) is 6.51. The third kappa shape index (κ3) is 2.72. The molecule has 1 saturated carbocycles. The molecule has 1 aliphatic carbocycles. The zero-order valence-corrected chi connectivity index (χ0v) is 12.0. The van der Waals surface area contributed by atoms with Crippen LogP contribution in [0.1, 0.15) is 52.4 Å². The van der Waals surface area contributed by atoms with Crippen molar-refractivity contribution in [2.75, 3.05) is 13.7 Å². The van der Waals surface area contributed by atoms with E-state index in [1.807, 2.05) is 0 Å². The van der Waals surface area contributed by atoms with E-state index in [4.69, 9.17) is 15.2 Å². The number of ether oxygens (including phenoxy) is 2. The second kappa shape index (κ2) is 5.22. The lowest BCUT2D eigenvalue weighted by molar-refractivity contribution is -0.0810. The highest BCUT2D eigenvalue weighted by Crippen LogP contribution is 2.44. The lowest BCUT2D eigenvalue weighted by atomic mass is 9.68. The smallest absolute Gasteiger partial charge is 0.112 e. The van der Waals surface area contributed by atoms with Crippen LogP contribution < -0.4 is 5.73 Å². The van der Waals surface area contributed by atoms with Crippen molar-refractivity contribution in [3.8, 4) is 0 Å². The van der Waals surface area contributed by atoms with Gasteiger partial charge in [0.25, 0.3) is 0 Å². The topological polar surface area (TPSA) is 44.5 Å². The van der Waals surface area contributed by atoms with Crippen LogP contribution in [0, 0.1) is 5.41 Å². The van der Waals surface area contributed by atoms with Crippen LogP contribution in [0.25, 0.3) is 0 Å². The van der Waals surface area contributed by atoms with Crippen LogP contribution in [-0.4, -0.2) is 25.4 Å². The van der Waals surface area contributed by atoms with E-state index in [2.05, 4.69) is 19.9 Å². The molecule has 1 atom stereocenters. The number of rotatable bonds is 3. The fourth-order valence-corrected chi connectivity index (χ4v) is 3.04. The van der Waals surface area contributed by atoms with Gasteiger partial charge in [0, 0.05) is 7.11 Å². The number of nitrogens with two attached hydrogens (primary N) is 1. The van der Waals surface area contributed by atoms with Gasteiger partial charge in [-0.25, -0.2) is 0 Å². The van der Waals surface area contributed by atoms with Crippen LogP contribution >= 0.6 is 0 Å². The highest BCUT2D eigenvalue weighted by molar-refractivity contribution is 5.14. The van der Waals surface area contributed by atoms with Crippen molar-refractivity contribution in [3.63, 3.8) is 0 Å². The summed E-state index contributed by atoms with van der Waals surface area (Å²) >= 11 is 0. The fraction of sp³-hybridized carbons (Fsp3) is 0.867. The Hall–Kier alpha value is -0.540. The first-order valence-electron chi connectivity index (χ1n) is 7.13. The first-order valence-corrected chi connectivity index (χ1v) is 7.13. The molecule has 2 rings (SSSR count). The van der Waals surface area contributed by atoms with E-state index in [1.165, 1.54) is 12.8 Å². The molecular formula is C15H27NO2. The molecule has 0 spiro atoms. The van der Waals surface area contributed by atoms with Crippen molar-refractivity contribution in [1.82, 2.24) is 0 Å². The van der Waals surface area contributed by atoms with Gasteiger partial charge in [-0.15, -0.1) is 0 Å². The summed E-state index contributed by atoms with van der Waals surface area (Å²) in [7, 11) is 1.79. The highest BCUT2D eigenvalue weighted by atomic mass is 16.5. The molecule has 0 aromatic rings. The summed E-state index contributed by atoms with van der Waals surface area (Å²) < 4.78 is 11.6. The SMILES string of the molecule is COC1(C(N)C2=CCCCO2)CCC(C)(C)CC1. The summed E-state index contributed by atoms with van der Waals surface area (Å²) in [5.41, 5.74) is 6.64. The molecule has 0 radical (unpaired) electrons. The average Bonchev–Trinajstić information content (AvgIpc) is 2.40. The molecule has 0 bridgehead atoms. The van der Waals surface area contributed by atoms with Crippen molar-refractivity contribution in [3.05, 3.63) is 11.8 Å². The van der Waals surface area contributed by atoms with Crippen molar-refractivity contribution < 1.29 is 9.47 Å². The molecule has 0 aromatic carbocycles. The molecule has 0 saturated heterocycles. The Bertz CT molecular complexity index is 312. The Labute approximate surface area is 111 Å². The zero-order valence-electron chi connectivity index (χ0n) is 12.0. The molecule has 2 aliphatic rings. The van der Waals surface area contributed by atoms with Gasteiger partial charge in [0.2, 0.25) is 0 Å². The van der Waals surface area contributed by atoms with Crippen LogP contribution in [0.15, 0.2) is 11.8 Å². The minimum Gasteiger partial charge on any atom is -0.496 e. The van der Waals surface area contributed by atoms with Crippen molar-refractivity contribution in [1.29, 1.82) is 0 Å². The maximum Gasteiger partial charge on any atom is 0.112 e. The van der Waals surface area contributed by atoms with Crippen LogP contribution in [-0.2, 0) is 9.47 Å². The van der Waals surface area contributed by atoms with Crippen molar-refractivity contribution >= 4 is 0 Å². The summed E-state index contributed by atoms with van der Waals surface area (Å²) in [6, 6.07) is -0.112. The largest absolute Gasteiger partial charge is 0.496 e. The summed E-state index contributed by atoms with van der Waals surface area (Å²) in [4.78, 5) is 0. The average molecular weight is 253 g/mol. The Balaban J connectivity index is 2.10. The van der Waals surface area contributed by atoms with Gasteiger partial charge >= 0.3 is 0 Å². The van der Waals surface area contributed by atoms with Crippen molar-refractivity contribution in [2.24, 2.45) is 11.1 Å². The van der Waals surface area contributed by atoms with E-state index in [-0.39, 0.29) is 11.6 Å². The summed E-state index contributed by atoms with van der Waals surface area (Å²) in [5, 5.41) is 0. The van der Waals surface area contributed by atoms with Gasteiger partial charge in [0.1, 0.15) is 5.76 Å². The molecule has 1 aliphatic heterocycles. The maximum absolute atomic E-state index is 6.44. The van der Waals surface area contributed by atoms with E-state index in [1.54, 1.807) is 7.11 Å². The minimum atomic E-state index is -0.224. The summed E-state index contributed by atoms with van der Waals surface area (Å²) in [6.07, 6.45) is 8.71. The first kappa shape index (κ1) is 13.9. The first-order chi connectivity index (χ1) is 8.49. The minimum absolute atomic E-state index is 0.112. The van der Waals surface area contributed by atoms with Crippen molar-refractivity contribution in [2.45, 2.75) is 64.0 Å². The Kier molecular flexibility index (Phi) is 4.02. The Morgan fingerprint density at radius 1 is 1.28 bits per heavy atom. The number of hydrogen-bond acceptors (Lipinski definition) is 3. The maximum atomic E-state index is 6.44. The molecule has 3 nitrogen and oxygen atoms in total. The summed E-state index contributed by atoms with van der Waals surface area (Å²) in [6.45, 7) is 5.45. The number of allylic oxidation sites excluding steroid dienone is 1. The molecule has 3 heteroatoms. The van der Waals surface area contributed by atoms with E-state index >= 15 is 0 Å². The van der Waals surface area contributed by atoms with E-state index in [9.17, 15) is 0 Å². The fourth-order valence-electron chi connectivity index (χ4n) is 3.04. The summed E-state index contributed by atoms with van der Waals surface area (Å²) in [5.74, 6) is 0.947. The van der Waals surface area contributed by atoms with Gasteiger partial charge in [-0.2, -0.15) is 0 Å². The number of hydrogen-bond donors (Lipinski definition) is 1. The molecule has 0 aromatic heterocycles. The number of methoxy groups -OCH3 is 1. The van der Waals surface area contributed by atoms with Gasteiger partial charge < -0.3 is 15.2 Å². The normalized spacial score (nSPS) is 28.1. The monoisotopic (exact) mass is 253 g/mol.